The number of fused-ring (bicyclic) bond motifs is 1. The highest BCUT2D eigenvalue weighted by Crippen LogP contribution is 2.27. The molecule has 108 valence electrons. The summed E-state index contributed by atoms with van der Waals surface area (Å²) in [4.78, 5) is 16.6. The van der Waals surface area contributed by atoms with E-state index in [4.69, 9.17) is 10.3 Å². The van der Waals surface area contributed by atoms with Gasteiger partial charge in [-0.2, -0.15) is 0 Å². The van der Waals surface area contributed by atoms with Gasteiger partial charge in [-0.3, -0.25) is 4.79 Å². The van der Waals surface area contributed by atoms with Gasteiger partial charge in [-0.15, -0.1) is 0 Å². The van der Waals surface area contributed by atoms with Crippen molar-refractivity contribution in [1.29, 1.82) is 0 Å². The lowest BCUT2D eigenvalue weighted by atomic mass is 9.81. The molecule has 0 aliphatic rings. The minimum atomic E-state index is -0.529. The molecule has 2 aromatic rings. The number of carbonyl (C=O) groups excluding carboxylic acids is 1. The maximum Gasteiger partial charge on any atom is 0.258 e. The molecular formula is C14H20N4O2. The molecule has 3 N–H and O–H groups in total. The van der Waals surface area contributed by atoms with Crippen molar-refractivity contribution < 1.29 is 9.32 Å². The zero-order chi connectivity index (χ0) is 14.8. The smallest absolute Gasteiger partial charge is 0.258 e. The van der Waals surface area contributed by atoms with E-state index >= 15 is 0 Å². The number of nitrogens with two attached hydrogens (primary N) is 1. The summed E-state index contributed by atoms with van der Waals surface area (Å²) in [5, 5.41) is 7.54. The Labute approximate surface area is 117 Å². The van der Waals surface area contributed by atoms with Crippen LogP contribution in [-0.2, 0) is 4.79 Å². The monoisotopic (exact) mass is 276 g/mol. The SMILES string of the molecule is CCC(CC)(CN)C(=O)Nc1cnc2onc(C)c2c1. The molecule has 0 bridgehead atoms. The lowest BCUT2D eigenvalue weighted by Gasteiger charge is -2.28. The molecule has 0 saturated carbocycles. The van der Waals surface area contributed by atoms with Crippen LogP contribution in [0, 0.1) is 12.3 Å². The summed E-state index contributed by atoms with van der Waals surface area (Å²) in [6.45, 7) is 6.11. The third-order valence-electron chi connectivity index (χ3n) is 3.99. The summed E-state index contributed by atoms with van der Waals surface area (Å²) >= 11 is 0. The van der Waals surface area contributed by atoms with Gasteiger partial charge in [0.15, 0.2) is 0 Å². The van der Waals surface area contributed by atoms with Crippen molar-refractivity contribution >= 4 is 22.7 Å². The van der Waals surface area contributed by atoms with Gasteiger partial charge >= 0.3 is 0 Å². The van der Waals surface area contributed by atoms with Gasteiger partial charge in [-0.1, -0.05) is 19.0 Å². The molecule has 0 fully saturated rings. The van der Waals surface area contributed by atoms with E-state index in [1.54, 1.807) is 6.20 Å². The van der Waals surface area contributed by atoms with Crippen LogP contribution in [0.15, 0.2) is 16.8 Å². The van der Waals surface area contributed by atoms with E-state index in [0.717, 1.165) is 11.1 Å². The Hall–Kier alpha value is -1.95. The minimum Gasteiger partial charge on any atom is -0.336 e. The number of rotatable bonds is 5. The highest BCUT2D eigenvalue weighted by atomic mass is 16.5. The molecule has 2 aromatic heterocycles. The van der Waals surface area contributed by atoms with Gasteiger partial charge in [0.1, 0.15) is 0 Å². The van der Waals surface area contributed by atoms with Crippen molar-refractivity contribution in [3.63, 3.8) is 0 Å². The lowest BCUT2D eigenvalue weighted by Crippen LogP contribution is -2.41. The van der Waals surface area contributed by atoms with Crippen LogP contribution < -0.4 is 11.1 Å². The normalized spacial score (nSPS) is 11.8. The first-order valence-electron chi connectivity index (χ1n) is 6.80. The molecule has 0 atom stereocenters. The van der Waals surface area contributed by atoms with Crippen LogP contribution in [0.5, 0.6) is 0 Å². The molecule has 2 heterocycles. The van der Waals surface area contributed by atoms with Crippen molar-refractivity contribution in [2.45, 2.75) is 33.6 Å². The fourth-order valence-corrected chi connectivity index (χ4v) is 2.23. The van der Waals surface area contributed by atoms with Crippen LogP contribution in [0.3, 0.4) is 0 Å². The molecule has 6 heteroatoms. The topological polar surface area (TPSA) is 94.0 Å². The maximum atomic E-state index is 12.4. The molecule has 0 aromatic carbocycles. The Bertz CT molecular complexity index is 608. The first-order chi connectivity index (χ1) is 9.56. The van der Waals surface area contributed by atoms with Crippen molar-refractivity contribution in [3.8, 4) is 0 Å². The summed E-state index contributed by atoms with van der Waals surface area (Å²) in [6.07, 6.45) is 2.97. The minimum absolute atomic E-state index is 0.0692. The summed E-state index contributed by atoms with van der Waals surface area (Å²) in [7, 11) is 0. The zero-order valence-corrected chi connectivity index (χ0v) is 12.1. The van der Waals surface area contributed by atoms with Gasteiger partial charge in [0, 0.05) is 6.54 Å². The Kier molecular flexibility index (Phi) is 4.04. The number of hydrogen-bond acceptors (Lipinski definition) is 5. The van der Waals surface area contributed by atoms with E-state index < -0.39 is 5.41 Å². The van der Waals surface area contributed by atoms with Gasteiger partial charge in [-0.25, -0.2) is 4.98 Å². The molecular weight excluding hydrogens is 256 g/mol. The van der Waals surface area contributed by atoms with Gasteiger partial charge in [0.05, 0.1) is 28.4 Å². The van der Waals surface area contributed by atoms with Crippen LogP contribution in [-0.4, -0.2) is 22.6 Å². The van der Waals surface area contributed by atoms with Crippen molar-refractivity contribution in [3.05, 3.63) is 18.0 Å². The first-order valence-corrected chi connectivity index (χ1v) is 6.80. The number of aromatic nitrogens is 2. The molecule has 0 spiro atoms. The van der Waals surface area contributed by atoms with Crippen LogP contribution in [0.2, 0.25) is 0 Å². The average molecular weight is 276 g/mol. The highest BCUT2D eigenvalue weighted by molar-refractivity contribution is 5.96. The summed E-state index contributed by atoms with van der Waals surface area (Å²) < 4.78 is 5.05. The van der Waals surface area contributed by atoms with Gasteiger partial charge in [-0.05, 0) is 25.8 Å². The zero-order valence-electron chi connectivity index (χ0n) is 12.1. The van der Waals surface area contributed by atoms with E-state index in [-0.39, 0.29) is 5.91 Å². The van der Waals surface area contributed by atoms with Gasteiger partial charge < -0.3 is 15.6 Å². The molecule has 0 unspecified atom stereocenters. The van der Waals surface area contributed by atoms with Crippen LogP contribution >= 0.6 is 0 Å². The number of nitrogens with zero attached hydrogens (tertiary/aromatic N) is 2. The summed E-state index contributed by atoms with van der Waals surface area (Å²) in [5.41, 5.74) is 7.10. The fourth-order valence-electron chi connectivity index (χ4n) is 2.23. The summed E-state index contributed by atoms with van der Waals surface area (Å²) in [6, 6.07) is 1.82. The number of pyridine rings is 1. The van der Waals surface area contributed by atoms with E-state index in [0.29, 0.717) is 30.8 Å². The second-order valence-corrected chi connectivity index (χ2v) is 4.99. The lowest BCUT2D eigenvalue weighted by molar-refractivity contribution is -0.125. The second-order valence-electron chi connectivity index (χ2n) is 4.99. The Morgan fingerprint density at radius 2 is 2.15 bits per heavy atom. The Balaban J connectivity index is 2.27. The number of aryl methyl sites for hydroxylation is 1. The molecule has 20 heavy (non-hydrogen) atoms. The predicted molar refractivity (Wildman–Crippen MR) is 77.2 cm³/mol. The Morgan fingerprint density at radius 3 is 2.75 bits per heavy atom. The van der Waals surface area contributed by atoms with Crippen molar-refractivity contribution in [1.82, 2.24) is 10.1 Å². The molecule has 1 amide bonds. The van der Waals surface area contributed by atoms with Crippen LogP contribution in [0.4, 0.5) is 5.69 Å². The summed E-state index contributed by atoms with van der Waals surface area (Å²) in [5.74, 6) is -0.0692. The molecule has 0 aliphatic carbocycles. The van der Waals surface area contributed by atoms with Crippen LogP contribution in [0.25, 0.3) is 11.1 Å². The highest BCUT2D eigenvalue weighted by Gasteiger charge is 2.33. The molecule has 6 nitrogen and oxygen atoms in total. The third kappa shape index (κ3) is 2.38. The first kappa shape index (κ1) is 14.5. The molecule has 0 radical (unpaired) electrons. The second kappa shape index (κ2) is 5.58. The molecule has 0 saturated heterocycles. The number of anilines is 1. The quantitative estimate of drug-likeness (QED) is 0.873. The van der Waals surface area contributed by atoms with E-state index in [2.05, 4.69) is 15.5 Å². The number of hydrogen-bond donors (Lipinski definition) is 2. The van der Waals surface area contributed by atoms with Crippen LogP contribution in [0.1, 0.15) is 32.4 Å². The van der Waals surface area contributed by atoms with E-state index in [9.17, 15) is 4.79 Å². The van der Waals surface area contributed by atoms with Crippen molar-refractivity contribution in [2.75, 3.05) is 11.9 Å². The number of carbonyl (C=O) groups is 1. The van der Waals surface area contributed by atoms with Crippen molar-refractivity contribution in [2.24, 2.45) is 11.1 Å². The predicted octanol–water partition coefficient (Wildman–Crippen LogP) is 2.23. The van der Waals surface area contributed by atoms with Gasteiger partial charge in [0.2, 0.25) is 5.91 Å². The fraction of sp³-hybridized carbons (Fsp3) is 0.500. The maximum absolute atomic E-state index is 12.4. The van der Waals surface area contributed by atoms with E-state index in [1.165, 1.54) is 0 Å². The molecule has 2 rings (SSSR count). The van der Waals surface area contributed by atoms with Gasteiger partial charge in [0.25, 0.3) is 5.71 Å². The standard InChI is InChI=1S/C14H20N4O2/c1-4-14(5-2,8-15)13(19)17-10-6-11-9(3)18-20-12(11)16-7-10/h6-7H,4-5,8,15H2,1-3H3,(H,17,19). The Morgan fingerprint density at radius 1 is 1.45 bits per heavy atom. The third-order valence-corrected chi connectivity index (χ3v) is 3.99. The van der Waals surface area contributed by atoms with E-state index in [1.807, 2.05) is 26.8 Å². The number of nitrogens with one attached hydrogen (secondary N) is 1. The molecule has 0 aliphatic heterocycles. The largest absolute Gasteiger partial charge is 0.336 e. The average Bonchev–Trinajstić information content (AvgIpc) is 2.83. The number of amides is 1.